The fourth-order valence-electron chi connectivity index (χ4n) is 1.23. The molecule has 82 valence electrons. The van der Waals surface area contributed by atoms with Gasteiger partial charge in [-0.2, -0.15) is 0 Å². The first-order valence-corrected chi connectivity index (χ1v) is 5.49. The van der Waals surface area contributed by atoms with Gasteiger partial charge in [0.1, 0.15) is 17.4 Å². The van der Waals surface area contributed by atoms with Crippen LogP contribution in [-0.2, 0) is 6.61 Å². The Kier molecular flexibility index (Phi) is 3.65. The molecule has 0 atom stereocenters. The van der Waals surface area contributed by atoms with Crippen LogP contribution in [0.15, 0.2) is 42.6 Å². The molecule has 0 spiro atoms. The Morgan fingerprint density at radius 3 is 2.69 bits per heavy atom. The van der Waals surface area contributed by atoms with Crippen LogP contribution in [0.4, 0.5) is 0 Å². The minimum absolute atomic E-state index is 0.376. The molecule has 0 aliphatic heterocycles. The van der Waals surface area contributed by atoms with E-state index in [9.17, 15) is 0 Å². The topological polar surface area (TPSA) is 22.1 Å². The van der Waals surface area contributed by atoms with Crippen LogP contribution in [-0.4, -0.2) is 4.98 Å². The highest BCUT2D eigenvalue weighted by molar-refractivity contribution is 6.42. The summed E-state index contributed by atoms with van der Waals surface area (Å²) < 4.78 is 5.52. The summed E-state index contributed by atoms with van der Waals surface area (Å²) in [5.41, 5.74) is 0.846. The highest BCUT2D eigenvalue weighted by atomic mass is 35.5. The Hall–Kier alpha value is -1.25. The standard InChI is InChI=1S/C12H9Cl2NO/c13-10-5-3-6-11(12(10)14)16-8-9-4-1-2-7-15-9/h1-7H,8H2. The highest BCUT2D eigenvalue weighted by Crippen LogP contribution is 2.31. The number of benzene rings is 1. The monoisotopic (exact) mass is 253 g/mol. The summed E-state index contributed by atoms with van der Waals surface area (Å²) in [6.45, 7) is 0.376. The van der Waals surface area contributed by atoms with Crippen LogP contribution in [0.2, 0.25) is 10.0 Å². The number of rotatable bonds is 3. The van der Waals surface area contributed by atoms with Gasteiger partial charge in [-0.3, -0.25) is 4.98 Å². The molecule has 0 saturated heterocycles. The summed E-state index contributed by atoms with van der Waals surface area (Å²) in [7, 11) is 0. The zero-order valence-corrected chi connectivity index (χ0v) is 9.87. The third kappa shape index (κ3) is 2.65. The van der Waals surface area contributed by atoms with E-state index in [-0.39, 0.29) is 0 Å². The van der Waals surface area contributed by atoms with Gasteiger partial charge in [-0.05, 0) is 24.3 Å². The number of ether oxygens (including phenoxy) is 1. The summed E-state index contributed by atoms with van der Waals surface area (Å²) in [5.74, 6) is 0.569. The Morgan fingerprint density at radius 1 is 1.06 bits per heavy atom. The molecular formula is C12H9Cl2NO. The van der Waals surface area contributed by atoms with Gasteiger partial charge in [0.15, 0.2) is 0 Å². The molecule has 0 bridgehead atoms. The molecule has 2 nitrogen and oxygen atoms in total. The minimum atomic E-state index is 0.376. The lowest BCUT2D eigenvalue weighted by Crippen LogP contribution is -1.97. The summed E-state index contributed by atoms with van der Waals surface area (Å²) in [6.07, 6.45) is 1.72. The van der Waals surface area contributed by atoms with Crippen molar-refractivity contribution >= 4 is 23.2 Å². The van der Waals surface area contributed by atoms with E-state index >= 15 is 0 Å². The van der Waals surface area contributed by atoms with Crippen molar-refractivity contribution in [2.24, 2.45) is 0 Å². The molecule has 2 aromatic rings. The maximum Gasteiger partial charge on any atom is 0.140 e. The van der Waals surface area contributed by atoms with Gasteiger partial charge in [-0.25, -0.2) is 0 Å². The molecule has 0 aliphatic rings. The van der Waals surface area contributed by atoms with Crippen LogP contribution in [0, 0.1) is 0 Å². The first kappa shape index (κ1) is 11.2. The number of hydrogen-bond donors (Lipinski definition) is 0. The van der Waals surface area contributed by atoms with Crippen molar-refractivity contribution in [1.82, 2.24) is 4.98 Å². The molecule has 16 heavy (non-hydrogen) atoms. The van der Waals surface area contributed by atoms with Gasteiger partial charge in [-0.1, -0.05) is 35.3 Å². The first-order chi connectivity index (χ1) is 7.77. The number of hydrogen-bond acceptors (Lipinski definition) is 2. The summed E-state index contributed by atoms with van der Waals surface area (Å²) in [6, 6.07) is 10.9. The van der Waals surface area contributed by atoms with E-state index in [1.165, 1.54) is 0 Å². The molecule has 0 radical (unpaired) electrons. The smallest absolute Gasteiger partial charge is 0.140 e. The molecule has 0 saturated carbocycles. The van der Waals surface area contributed by atoms with E-state index in [0.717, 1.165) is 5.69 Å². The molecular weight excluding hydrogens is 245 g/mol. The number of halogens is 2. The van der Waals surface area contributed by atoms with Crippen molar-refractivity contribution in [1.29, 1.82) is 0 Å². The van der Waals surface area contributed by atoms with Crippen molar-refractivity contribution in [3.8, 4) is 5.75 Å². The Morgan fingerprint density at radius 2 is 1.94 bits per heavy atom. The van der Waals surface area contributed by atoms with Crippen molar-refractivity contribution in [3.63, 3.8) is 0 Å². The van der Waals surface area contributed by atoms with E-state index in [2.05, 4.69) is 4.98 Å². The second-order valence-corrected chi connectivity index (χ2v) is 3.95. The molecule has 1 aromatic carbocycles. The average molecular weight is 254 g/mol. The SMILES string of the molecule is Clc1cccc(OCc2ccccn2)c1Cl. The molecule has 2 rings (SSSR count). The molecule has 0 N–H and O–H groups in total. The Bertz CT molecular complexity index is 474. The van der Waals surface area contributed by atoms with Crippen LogP contribution in [0.3, 0.4) is 0 Å². The lowest BCUT2D eigenvalue weighted by atomic mass is 10.3. The van der Waals surface area contributed by atoms with E-state index in [4.69, 9.17) is 27.9 Å². The Balaban J connectivity index is 2.08. The van der Waals surface area contributed by atoms with Gasteiger partial charge in [0.25, 0.3) is 0 Å². The van der Waals surface area contributed by atoms with Crippen molar-refractivity contribution < 1.29 is 4.74 Å². The largest absolute Gasteiger partial charge is 0.486 e. The molecule has 1 heterocycles. The zero-order chi connectivity index (χ0) is 11.4. The number of pyridine rings is 1. The van der Waals surface area contributed by atoms with Crippen LogP contribution >= 0.6 is 23.2 Å². The third-order valence-corrected chi connectivity index (χ3v) is 2.82. The van der Waals surface area contributed by atoms with Gasteiger partial charge in [-0.15, -0.1) is 0 Å². The van der Waals surface area contributed by atoms with E-state index in [0.29, 0.717) is 22.4 Å². The molecule has 1 aromatic heterocycles. The fraction of sp³-hybridized carbons (Fsp3) is 0.0833. The van der Waals surface area contributed by atoms with E-state index in [1.54, 1.807) is 24.4 Å². The highest BCUT2D eigenvalue weighted by Gasteiger charge is 2.05. The van der Waals surface area contributed by atoms with Crippen molar-refractivity contribution in [2.45, 2.75) is 6.61 Å². The van der Waals surface area contributed by atoms with Gasteiger partial charge in [0.2, 0.25) is 0 Å². The zero-order valence-electron chi connectivity index (χ0n) is 8.36. The van der Waals surface area contributed by atoms with Crippen LogP contribution in [0.1, 0.15) is 5.69 Å². The molecule has 0 amide bonds. The normalized spacial score (nSPS) is 10.1. The molecule has 0 fully saturated rings. The Labute approximate surface area is 104 Å². The van der Waals surface area contributed by atoms with Gasteiger partial charge < -0.3 is 4.74 Å². The number of nitrogens with zero attached hydrogens (tertiary/aromatic N) is 1. The van der Waals surface area contributed by atoms with E-state index < -0.39 is 0 Å². The molecule has 4 heteroatoms. The van der Waals surface area contributed by atoms with Crippen LogP contribution in [0.5, 0.6) is 5.75 Å². The average Bonchev–Trinajstić information content (AvgIpc) is 2.32. The van der Waals surface area contributed by atoms with E-state index in [1.807, 2.05) is 18.2 Å². The fourth-order valence-corrected chi connectivity index (χ4v) is 1.58. The lowest BCUT2D eigenvalue weighted by Gasteiger charge is -2.07. The summed E-state index contributed by atoms with van der Waals surface area (Å²) in [4.78, 5) is 4.14. The molecule has 0 unspecified atom stereocenters. The second kappa shape index (κ2) is 5.19. The summed E-state index contributed by atoms with van der Waals surface area (Å²) >= 11 is 11.9. The second-order valence-electron chi connectivity index (χ2n) is 3.16. The van der Waals surface area contributed by atoms with Crippen LogP contribution in [0.25, 0.3) is 0 Å². The van der Waals surface area contributed by atoms with Crippen molar-refractivity contribution in [3.05, 3.63) is 58.3 Å². The van der Waals surface area contributed by atoms with Crippen LogP contribution < -0.4 is 4.74 Å². The van der Waals surface area contributed by atoms with Gasteiger partial charge >= 0.3 is 0 Å². The summed E-state index contributed by atoms with van der Waals surface area (Å²) in [5, 5.41) is 0.917. The lowest BCUT2D eigenvalue weighted by molar-refractivity contribution is 0.301. The van der Waals surface area contributed by atoms with Gasteiger partial charge in [0.05, 0.1) is 10.7 Å². The maximum absolute atomic E-state index is 5.98. The predicted octanol–water partition coefficient (Wildman–Crippen LogP) is 3.97. The first-order valence-electron chi connectivity index (χ1n) is 4.74. The van der Waals surface area contributed by atoms with Gasteiger partial charge in [0, 0.05) is 6.20 Å². The molecule has 0 aliphatic carbocycles. The third-order valence-electron chi connectivity index (χ3n) is 2.02. The maximum atomic E-state index is 5.98. The minimum Gasteiger partial charge on any atom is -0.486 e. The number of aromatic nitrogens is 1. The predicted molar refractivity (Wildman–Crippen MR) is 65.0 cm³/mol. The van der Waals surface area contributed by atoms with Crippen molar-refractivity contribution in [2.75, 3.05) is 0 Å². The quantitative estimate of drug-likeness (QED) is 0.826.